The number of nitrogens with zero attached hydrogens (tertiary/aromatic N) is 1. The molecule has 1 heterocycles. The number of rotatable bonds is 38. The van der Waals surface area contributed by atoms with Gasteiger partial charge in [-0.15, -0.1) is 0 Å². The maximum absolute atomic E-state index is 7.83. The number of piperidine rings is 1. The first-order chi connectivity index (χ1) is 34.7. The van der Waals surface area contributed by atoms with Gasteiger partial charge in [0.15, 0.2) is 0 Å². The van der Waals surface area contributed by atoms with E-state index in [1.54, 1.807) is 5.57 Å². The SMILES string of the molecule is C=C(CCCCC(CCCCCCCCCC/C=C\CCCCCCCC)CN1CCC(C(=C)CCC)CC1)CCC(=C)CC1CCC2(C)C(=CCC3(N)C2CCC2(C)C(C(C)CCCC(C)C)CCC23)C1. The zero-order valence-corrected chi connectivity index (χ0v) is 49.7. The first kappa shape index (κ1) is 61.5. The molecular weight excluding hydrogens is 869 g/mol. The fraction of sp³-hybridized carbons (Fsp3) is 0.857. The maximum Gasteiger partial charge on any atom is 0.0260 e. The quantitative estimate of drug-likeness (QED) is 0.0493. The molecule has 2 heteroatoms. The second-order valence-corrected chi connectivity index (χ2v) is 27.4. The number of hydrogen-bond donors (Lipinski definition) is 1. The second kappa shape index (κ2) is 32.4. The van der Waals surface area contributed by atoms with Crippen molar-refractivity contribution in [2.45, 2.75) is 304 Å². The lowest BCUT2D eigenvalue weighted by Crippen LogP contribution is -2.66. The Labute approximate surface area is 451 Å². The van der Waals surface area contributed by atoms with E-state index < -0.39 is 0 Å². The molecule has 3 saturated carbocycles. The number of unbranched alkanes of at least 4 members (excludes halogenated alkanes) is 15. The molecule has 4 aliphatic carbocycles. The van der Waals surface area contributed by atoms with Crippen LogP contribution in [0, 0.1) is 58.2 Å². The van der Waals surface area contributed by atoms with E-state index in [4.69, 9.17) is 12.3 Å². The van der Waals surface area contributed by atoms with E-state index in [-0.39, 0.29) is 5.54 Å². The number of fused-ring (bicyclic) bond motifs is 5. The molecule has 0 aromatic carbocycles. The summed E-state index contributed by atoms with van der Waals surface area (Å²) in [5.41, 5.74) is 14.8. The van der Waals surface area contributed by atoms with Gasteiger partial charge in [0.1, 0.15) is 0 Å². The molecule has 1 aliphatic heterocycles. The van der Waals surface area contributed by atoms with Crippen molar-refractivity contribution in [3.05, 3.63) is 60.3 Å². The lowest BCUT2D eigenvalue weighted by Gasteiger charge is -2.63. The standard InChI is InChI=1S/C70H124N2/c1-11-13-14-15-16-17-18-19-20-21-22-23-24-25-26-27-28-29-37-61(55-72-51-46-63(47-52-72)59(7)33-12-2)38-31-30-35-57(5)39-40-58(6)53-62-43-48-68(9)64(54-62)44-50-70(71)66-42-41-65(60(8)36-32-34-56(3)4)69(66,10)49-45-67(68)70/h19-20,44,56,60-63,65-67H,5-7,11-18,21-43,45-55,71H2,1-4,8-10H3/b20-19-. The van der Waals surface area contributed by atoms with Crippen molar-refractivity contribution >= 4 is 0 Å². The topological polar surface area (TPSA) is 29.3 Å². The van der Waals surface area contributed by atoms with Crippen LogP contribution in [0.15, 0.2) is 60.3 Å². The molecule has 0 aromatic rings. The van der Waals surface area contributed by atoms with Crippen molar-refractivity contribution in [2.75, 3.05) is 19.6 Å². The summed E-state index contributed by atoms with van der Waals surface area (Å²) in [5.74, 6) is 6.23. The first-order valence-corrected chi connectivity index (χ1v) is 32.6. The summed E-state index contributed by atoms with van der Waals surface area (Å²) in [6.45, 7) is 35.0. The van der Waals surface area contributed by atoms with E-state index in [1.165, 1.54) is 268 Å². The molecule has 2 nitrogen and oxygen atoms in total. The van der Waals surface area contributed by atoms with Gasteiger partial charge in [0.25, 0.3) is 0 Å². The Morgan fingerprint density at radius 3 is 1.92 bits per heavy atom. The predicted molar refractivity (Wildman–Crippen MR) is 321 cm³/mol. The molecule has 4 fully saturated rings. The van der Waals surface area contributed by atoms with Gasteiger partial charge in [0.2, 0.25) is 0 Å². The molecule has 0 radical (unpaired) electrons. The first-order valence-electron chi connectivity index (χ1n) is 32.6. The van der Waals surface area contributed by atoms with Gasteiger partial charge < -0.3 is 10.6 Å². The van der Waals surface area contributed by atoms with Crippen LogP contribution in [0.2, 0.25) is 0 Å². The van der Waals surface area contributed by atoms with Gasteiger partial charge in [-0.25, -0.2) is 0 Å². The van der Waals surface area contributed by atoms with Crippen LogP contribution in [-0.2, 0) is 0 Å². The summed E-state index contributed by atoms with van der Waals surface area (Å²) < 4.78 is 0. The van der Waals surface area contributed by atoms with E-state index >= 15 is 0 Å². The number of nitrogens with two attached hydrogens (primary N) is 1. The normalized spacial score (nSPS) is 28.7. The van der Waals surface area contributed by atoms with Crippen molar-refractivity contribution in [3.8, 4) is 0 Å². The Morgan fingerprint density at radius 1 is 0.639 bits per heavy atom. The van der Waals surface area contributed by atoms with Crippen LogP contribution < -0.4 is 5.73 Å². The molecule has 72 heavy (non-hydrogen) atoms. The monoisotopic (exact) mass is 993 g/mol. The molecular formula is C70H124N2. The number of allylic oxidation sites excluding steroid dienone is 6. The van der Waals surface area contributed by atoms with E-state index in [0.717, 1.165) is 54.8 Å². The van der Waals surface area contributed by atoms with E-state index in [1.807, 2.05) is 0 Å². The molecule has 1 saturated heterocycles. The van der Waals surface area contributed by atoms with Crippen LogP contribution in [-0.4, -0.2) is 30.1 Å². The van der Waals surface area contributed by atoms with E-state index in [2.05, 4.69) is 84.8 Å². The average molecular weight is 994 g/mol. The molecule has 5 aliphatic rings. The van der Waals surface area contributed by atoms with Crippen LogP contribution in [0.3, 0.4) is 0 Å². The zero-order valence-electron chi connectivity index (χ0n) is 49.7. The highest BCUT2D eigenvalue weighted by Crippen LogP contribution is 2.68. The van der Waals surface area contributed by atoms with Gasteiger partial charge >= 0.3 is 0 Å². The van der Waals surface area contributed by atoms with Gasteiger partial charge in [0, 0.05) is 12.1 Å². The Morgan fingerprint density at radius 2 is 1.26 bits per heavy atom. The fourth-order valence-electron chi connectivity index (χ4n) is 16.7. The van der Waals surface area contributed by atoms with Crippen molar-refractivity contribution in [1.82, 2.24) is 4.90 Å². The van der Waals surface area contributed by atoms with Crippen LogP contribution in [0.5, 0.6) is 0 Å². The Hall–Kier alpha value is -1.38. The van der Waals surface area contributed by atoms with Crippen LogP contribution in [0.25, 0.3) is 0 Å². The highest BCUT2D eigenvalue weighted by molar-refractivity contribution is 5.31. The molecule has 2 N–H and O–H groups in total. The highest BCUT2D eigenvalue weighted by Gasteiger charge is 2.64. The van der Waals surface area contributed by atoms with Gasteiger partial charge in [-0.2, -0.15) is 0 Å². The minimum atomic E-state index is -0.0135. The minimum Gasteiger partial charge on any atom is -0.324 e. The van der Waals surface area contributed by atoms with Gasteiger partial charge in [0.05, 0.1) is 0 Å². The maximum atomic E-state index is 7.83. The molecule has 414 valence electrons. The molecule has 0 amide bonds. The van der Waals surface area contributed by atoms with Crippen molar-refractivity contribution in [1.29, 1.82) is 0 Å². The minimum absolute atomic E-state index is 0.0135. The average Bonchev–Trinajstić information content (AvgIpc) is 3.72. The van der Waals surface area contributed by atoms with E-state index in [9.17, 15) is 0 Å². The predicted octanol–water partition coefficient (Wildman–Crippen LogP) is 21.5. The zero-order chi connectivity index (χ0) is 51.8. The van der Waals surface area contributed by atoms with Crippen LogP contribution in [0.4, 0.5) is 0 Å². The lowest BCUT2D eigenvalue weighted by atomic mass is 9.43. The highest BCUT2D eigenvalue weighted by atomic mass is 15.1. The Kier molecular flexibility index (Phi) is 27.6. The summed E-state index contributed by atoms with van der Waals surface area (Å²) in [6, 6.07) is 0. The number of hydrogen-bond acceptors (Lipinski definition) is 2. The molecule has 0 aromatic heterocycles. The summed E-state index contributed by atoms with van der Waals surface area (Å²) in [7, 11) is 0. The third-order valence-electron chi connectivity index (χ3n) is 21.3. The third kappa shape index (κ3) is 19.0. The van der Waals surface area contributed by atoms with Crippen LogP contribution in [0.1, 0.15) is 299 Å². The van der Waals surface area contributed by atoms with Crippen molar-refractivity contribution < 1.29 is 0 Å². The largest absolute Gasteiger partial charge is 0.324 e. The van der Waals surface area contributed by atoms with E-state index in [0.29, 0.717) is 22.7 Å². The molecule has 5 rings (SSSR count). The van der Waals surface area contributed by atoms with Gasteiger partial charge in [-0.05, 0) is 213 Å². The second-order valence-electron chi connectivity index (χ2n) is 27.4. The van der Waals surface area contributed by atoms with Crippen molar-refractivity contribution in [2.24, 2.45) is 63.9 Å². The summed E-state index contributed by atoms with van der Waals surface area (Å²) >= 11 is 0. The Bertz CT molecular complexity index is 1610. The Balaban J connectivity index is 0.970. The summed E-state index contributed by atoms with van der Waals surface area (Å²) in [6.07, 6.45) is 60.2. The van der Waals surface area contributed by atoms with Crippen molar-refractivity contribution in [3.63, 3.8) is 0 Å². The van der Waals surface area contributed by atoms with Gasteiger partial charge in [-0.3, -0.25) is 0 Å². The molecule has 0 bridgehead atoms. The molecule has 0 spiro atoms. The third-order valence-corrected chi connectivity index (χ3v) is 21.3. The van der Waals surface area contributed by atoms with Crippen LogP contribution >= 0.6 is 0 Å². The lowest BCUT2D eigenvalue weighted by molar-refractivity contribution is -0.0700. The smallest absolute Gasteiger partial charge is 0.0260 e. The number of likely N-dealkylation sites (tertiary alicyclic amines) is 1. The fourth-order valence-corrected chi connectivity index (χ4v) is 16.7. The molecule has 9 atom stereocenters. The summed E-state index contributed by atoms with van der Waals surface area (Å²) in [5, 5.41) is 0. The van der Waals surface area contributed by atoms with Gasteiger partial charge in [-0.1, -0.05) is 218 Å². The summed E-state index contributed by atoms with van der Waals surface area (Å²) in [4.78, 5) is 2.84. The molecule has 9 unspecified atom stereocenters.